The highest BCUT2D eigenvalue weighted by Crippen LogP contribution is 2.37. The van der Waals surface area contributed by atoms with Crippen LogP contribution in [0.5, 0.6) is 0 Å². The molecule has 25 heavy (non-hydrogen) atoms. The second-order valence-electron chi connectivity index (χ2n) is 5.71. The van der Waals surface area contributed by atoms with Gasteiger partial charge in [0.25, 0.3) is 0 Å². The van der Waals surface area contributed by atoms with Gasteiger partial charge in [0.05, 0.1) is 19.0 Å². The molecule has 2 aromatic rings. The molecule has 1 fully saturated rings. The first-order valence-corrected chi connectivity index (χ1v) is 8.07. The Kier molecular flexibility index (Phi) is 5.18. The second kappa shape index (κ2) is 7.35. The van der Waals surface area contributed by atoms with Gasteiger partial charge in [0, 0.05) is 12.8 Å². The lowest BCUT2D eigenvalue weighted by Gasteiger charge is -2.21. The van der Waals surface area contributed by atoms with E-state index in [1.54, 1.807) is 10.9 Å². The summed E-state index contributed by atoms with van der Waals surface area (Å²) in [6, 6.07) is 0. The van der Waals surface area contributed by atoms with Gasteiger partial charge < -0.3 is 14.2 Å². The predicted molar refractivity (Wildman–Crippen MR) is 88.6 cm³/mol. The maximum atomic E-state index is 11.5. The molecule has 3 heterocycles. The fourth-order valence-electron chi connectivity index (χ4n) is 2.87. The number of aromatic nitrogens is 4. The van der Waals surface area contributed by atoms with Crippen LogP contribution in [0.2, 0.25) is 5.15 Å². The first-order chi connectivity index (χ1) is 12.0. The van der Waals surface area contributed by atoms with Crippen molar-refractivity contribution < 1.29 is 19.0 Å². The van der Waals surface area contributed by atoms with Crippen LogP contribution in [0, 0.1) is 18.3 Å². The number of halogens is 1. The van der Waals surface area contributed by atoms with E-state index in [1.807, 2.05) is 6.92 Å². The van der Waals surface area contributed by atoms with Gasteiger partial charge in [0.1, 0.15) is 18.5 Å². The van der Waals surface area contributed by atoms with Crippen molar-refractivity contribution in [1.29, 1.82) is 0 Å². The molecule has 0 spiro atoms. The van der Waals surface area contributed by atoms with E-state index in [0.29, 0.717) is 17.8 Å². The van der Waals surface area contributed by atoms with Crippen LogP contribution in [0.1, 0.15) is 20.1 Å². The van der Waals surface area contributed by atoms with Crippen molar-refractivity contribution in [3.63, 3.8) is 0 Å². The smallest absolute Gasteiger partial charge is 0.303 e. The average molecular weight is 365 g/mol. The Morgan fingerprint density at radius 2 is 2.28 bits per heavy atom. The zero-order chi connectivity index (χ0) is 18.0. The number of rotatable bonds is 5. The summed E-state index contributed by atoms with van der Waals surface area (Å²) < 4.78 is 18.6. The molecule has 0 aromatic carbocycles. The van der Waals surface area contributed by atoms with Crippen molar-refractivity contribution in [2.75, 3.05) is 13.2 Å². The largest absolute Gasteiger partial charge is 0.457 e. The first-order valence-electron chi connectivity index (χ1n) is 7.69. The zero-order valence-corrected chi connectivity index (χ0v) is 14.5. The predicted octanol–water partition coefficient (Wildman–Crippen LogP) is 1.59. The molecule has 1 unspecified atom stereocenters. The molecule has 3 rings (SSSR count). The molecular weight excluding hydrogens is 348 g/mol. The monoisotopic (exact) mass is 364 g/mol. The molecule has 0 N–H and O–H groups in total. The fraction of sp³-hybridized carbons (Fsp3) is 0.500. The van der Waals surface area contributed by atoms with Gasteiger partial charge in [-0.25, -0.2) is 15.0 Å². The molecule has 0 saturated carbocycles. The summed E-state index contributed by atoms with van der Waals surface area (Å²) >= 11 is 6.05. The Labute approximate surface area is 149 Å². The number of hydrogen-bond donors (Lipinski definition) is 0. The Morgan fingerprint density at radius 3 is 3.00 bits per heavy atom. The van der Waals surface area contributed by atoms with E-state index in [9.17, 15) is 4.79 Å². The standard InChI is InChI=1S/C16H17ClN4O4/c1-4-5-23-6-11-9(2)13(24-10(3)22)16(25-11)21-8-20-12-14(17)18-7-19-15(12)21/h1,7-9,11,13,16H,5-6H2,2-3H3/t9-,11?,13-,16-/m1/s1. The summed E-state index contributed by atoms with van der Waals surface area (Å²) in [7, 11) is 0. The third kappa shape index (κ3) is 3.44. The van der Waals surface area contributed by atoms with Crippen molar-refractivity contribution in [2.45, 2.75) is 32.3 Å². The molecule has 0 bridgehead atoms. The number of fused-ring (bicyclic) bond motifs is 1. The molecule has 9 heteroatoms. The molecule has 0 amide bonds. The zero-order valence-electron chi connectivity index (χ0n) is 13.8. The quantitative estimate of drug-likeness (QED) is 0.344. The molecule has 0 radical (unpaired) electrons. The highest BCUT2D eigenvalue weighted by molar-refractivity contribution is 6.33. The average Bonchev–Trinajstić information content (AvgIpc) is 3.12. The Hall–Kier alpha value is -2.21. The summed E-state index contributed by atoms with van der Waals surface area (Å²) in [6.07, 6.45) is 6.66. The molecule has 1 aliphatic rings. The molecule has 8 nitrogen and oxygen atoms in total. The van der Waals surface area contributed by atoms with Gasteiger partial charge in [0.2, 0.25) is 0 Å². The molecule has 4 atom stereocenters. The van der Waals surface area contributed by atoms with Crippen LogP contribution in [-0.2, 0) is 19.0 Å². The number of hydrogen-bond acceptors (Lipinski definition) is 7. The summed E-state index contributed by atoms with van der Waals surface area (Å²) in [5.74, 6) is 1.90. The van der Waals surface area contributed by atoms with Gasteiger partial charge in [-0.3, -0.25) is 9.36 Å². The van der Waals surface area contributed by atoms with Gasteiger partial charge >= 0.3 is 5.97 Å². The van der Waals surface area contributed by atoms with E-state index >= 15 is 0 Å². The molecule has 2 aromatic heterocycles. The van der Waals surface area contributed by atoms with E-state index < -0.39 is 18.3 Å². The number of esters is 1. The maximum absolute atomic E-state index is 11.5. The molecule has 1 saturated heterocycles. The lowest BCUT2D eigenvalue weighted by atomic mass is 10.0. The number of nitrogens with zero attached hydrogens (tertiary/aromatic N) is 4. The van der Waals surface area contributed by atoms with Crippen molar-refractivity contribution >= 4 is 28.7 Å². The van der Waals surface area contributed by atoms with Crippen LogP contribution in [0.25, 0.3) is 11.2 Å². The third-order valence-corrected chi connectivity index (χ3v) is 4.33. The van der Waals surface area contributed by atoms with E-state index in [4.69, 9.17) is 32.2 Å². The lowest BCUT2D eigenvalue weighted by molar-refractivity contribution is -0.153. The first kappa shape index (κ1) is 17.6. The highest BCUT2D eigenvalue weighted by Gasteiger charge is 2.45. The number of ether oxygens (including phenoxy) is 3. The normalized spacial score (nSPS) is 25.8. The Balaban J connectivity index is 1.92. The molecule has 0 aliphatic carbocycles. The van der Waals surface area contributed by atoms with Crippen LogP contribution >= 0.6 is 11.6 Å². The summed E-state index contributed by atoms with van der Waals surface area (Å²) in [4.78, 5) is 23.9. The van der Waals surface area contributed by atoms with E-state index in [1.165, 1.54) is 13.3 Å². The van der Waals surface area contributed by atoms with Crippen LogP contribution in [0.3, 0.4) is 0 Å². The van der Waals surface area contributed by atoms with E-state index in [0.717, 1.165) is 0 Å². The highest BCUT2D eigenvalue weighted by atomic mass is 35.5. The van der Waals surface area contributed by atoms with Crippen molar-refractivity contribution in [2.24, 2.45) is 5.92 Å². The minimum atomic E-state index is -0.602. The summed E-state index contributed by atoms with van der Waals surface area (Å²) in [5, 5.41) is 0.243. The molecular formula is C16H17ClN4O4. The number of terminal acetylenes is 1. The van der Waals surface area contributed by atoms with Gasteiger partial charge in [-0.1, -0.05) is 24.4 Å². The SMILES string of the molecule is C#CCOCC1O[C@@H](n2cnc3c(Cl)ncnc32)[C@H](OC(C)=O)[C@@H]1C. The van der Waals surface area contributed by atoms with Crippen LogP contribution in [0.4, 0.5) is 0 Å². The van der Waals surface area contributed by atoms with Crippen LogP contribution in [-0.4, -0.2) is 50.9 Å². The van der Waals surface area contributed by atoms with Crippen LogP contribution in [0.15, 0.2) is 12.7 Å². The number of carbonyl (C=O) groups is 1. The van der Waals surface area contributed by atoms with E-state index in [2.05, 4.69) is 20.9 Å². The van der Waals surface area contributed by atoms with Gasteiger partial charge in [-0.15, -0.1) is 6.42 Å². The Morgan fingerprint density at radius 1 is 1.48 bits per heavy atom. The van der Waals surface area contributed by atoms with E-state index in [-0.39, 0.29) is 23.8 Å². The lowest BCUT2D eigenvalue weighted by Crippen LogP contribution is -2.30. The minimum absolute atomic E-state index is 0.110. The van der Waals surface area contributed by atoms with Crippen molar-refractivity contribution in [3.05, 3.63) is 17.8 Å². The van der Waals surface area contributed by atoms with Crippen molar-refractivity contribution in [3.8, 4) is 12.3 Å². The number of imidazole rings is 1. The fourth-order valence-corrected chi connectivity index (χ4v) is 3.04. The Bertz CT molecular complexity index is 818. The van der Waals surface area contributed by atoms with Gasteiger partial charge in [0.15, 0.2) is 23.1 Å². The summed E-state index contributed by atoms with van der Waals surface area (Å²) in [6.45, 7) is 3.77. The molecule has 132 valence electrons. The second-order valence-corrected chi connectivity index (χ2v) is 6.06. The van der Waals surface area contributed by atoms with Gasteiger partial charge in [-0.05, 0) is 0 Å². The van der Waals surface area contributed by atoms with Crippen molar-refractivity contribution in [1.82, 2.24) is 19.5 Å². The number of carbonyl (C=O) groups excluding carboxylic acids is 1. The van der Waals surface area contributed by atoms with Gasteiger partial charge in [-0.2, -0.15) is 0 Å². The van der Waals surface area contributed by atoms with Crippen LogP contribution < -0.4 is 0 Å². The molecule has 1 aliphatic heterocycles. The minimum Gasteiger partial charge on any atom is -0.457 e. The maximum Gasteiger partial charge on any atom is 0.303 e. The summed E-state index contributed by atoms with van der Waals surface area (Å²) in [5.41, 5.74) is 0.952. The topological polar surface area (TPSA) is 88.4 Å². The third-order valence-electron chi connectivity index (χ3n) is 4.06.